The molecule has 2 aromatic carbocycles. The minimum absolute atomic E-state index is 0.0948. The molecule has 1 aromatic heterocycles. The molecule has 0 atom stereocenters. The summed E-state index contributed by atoms with van der Waals surface area (Å²) >= 11 is 0. The van der Waals surface area contributed by atoms with E-state index in [4.69, 9.17) is 5.10 Å². The zero-order chi connectivity index (χ0) is 17.9. The average molecular weight is 348 g/mol. The Morgan fingerprint density at radius 3 is 2.35 bits per heavy atom. The highest BCUT2D eigenvalue weighted by Gasteiger charge is 2.18. The first-order valence-corrected chi connectivity index (χ1v) is 8.82. The average Bonchev–Trinajstić information content (AvgIpc) is 3.33. The second-order valence-electron chi connectivity index (χ2n) is 6.57. The van der Waals surface area contributed by atoms with Crippen LogP contribution in [0.2, 0.25) is 0 Å². The molecule has 132 valence electrons. The normalized spacial score (nSPS) is 14.6. The summed E-state index contributed by atoms with van der Waals surface area (Å²) in [4.78, 5) is 13.0. The van der Waals surface area contributed by atoms with Crippen molar-refractivity contribution in [3.05, 3.63) is 76.5 Å². The molecule has 3 aromatic rings. The maximum absolute atomic E-state index is 10.9. The monoisotopic (exact) mass is 348 g/mol. The van der Waals surface area contributed by atoms with Crippen LogP contribution in [0.4, 0.5) is 5.69 Å². The van der Waals surface area contributed by atoms with Gasteiger partial charge >= 0.3 is 0 Å². The Labute approximate surface area is 151 Å². The van der Waals surface area contributed by atoms with Crippen molar-refractivity contribution in [2.24, 2.45) is 0 Å². The van der Waals surface area contributed by atoms with Gasteiger partial charge in [0, 0.05) is 36.0 Å². The van der Waals surface area contributed by atoms with Crippen molar-refractivity contribution in [3.8, 4) is 16.9 Å². The van der Waals surface area contributed by atoms with Crippen molar-refractivity contribution in [1.82, 2.24) is 14.7 Å². The van der Waals surface area contributed by atoms with Gasteiger partial charge in [-0.25, -0.2) is 4.68 Å². The van der Waals surface area contributed by atoms with Crippen LogP contribution in [0.3, 0.4) is 0 Å². The lowest BCUT2D eigenvalue weighted by Crippen LogP contribution is -2.18. The number of nitro benzene ring substituents is 1. The fourth-order valence-electron chi connectivity index (χ4n) is 3.40. The lowest BCUT2D eigenvalue weighted by atomic mass is 10.1. The van der Waals surface area contributed by atoms with Crippen LogP contribution in [0.15, 0.2) is 60.8 Å². The van der Waals surface area contributed by atoms with E-state index >= 15 is 0 Å². The Kier molecular flexibility index (Phi) is 4.50. The topological polar surface area (TPSA) is 64.2 Å². The van der Waals surface area contributed by atoms with Crippen LogP contribution in [0, 0.1) is 10.1 Å². The first-order chi connectivity index (χ1) is 12.7. The summed E-state index contributed by atoms with van der Waals surface area (Å²) in [5, 5.41) is 15.7. The molecule has 0 saturated carbocycles. The minimum Gasteiger partial charge on any atom is -0.299 e. The Bertz CT molecular complexity index is 897. The van der Waals surface area contributed by atoms with Crippen LogP contribution in [0.25, 0.3) is 16.9 Å². The maximum atomic E-state index is 10.9. The number of rotatable bonds is 5. The van der Waals surface area contributed by atoms with Crippen molar-refractivity contribution < 1.29 is 4.92 Å². The van der Waals surface area contributed by atoms with Crippen LogP contribution >= 0.6 is 0 Å². The Hall–Kier alpha value is -2.99. The first kappa shape index (κ1) is 16.5. The van der Waals surface area contributed by atoms with E-state index in [0.717, 1.165) is 42.1 Å². The van der Waals surface area contributed by atoms with Gasteiger partial charge in [-0.05, 0) is 50.2 Å². The quantitative estimate of drug-likeness (QED) is 0.515. The number of nitrogens with zero attached hydrogens (tertiary/aromatic N) is 4. The van der Waals surface area contributed by atoms with Crippen LogP contribution in [0.1, 0.15) is 18.4 Å². The van der Waals surface area contributed by atoms with Crippen molar-refractivity contribution in [2.75, 3.05) is 13.1 Å². The largest absolute Gasteiger partial charge is 0.299 e. The van der Waals surface area contributed by atoms with E-state index in [9.17, 15) is 10.1 Å². The molecule has 4 rings (SSSR count). The Balaban J connectivity index is 1.72. The van der Waals surface area contributed by atoms with Gasteiger partial charge in [0.2, 0.25) is 0 Å². The van der Waals surface area contributed by atoms with Gasteiger partial charge in [-0.15, -0.1) is 0 Å². The number of hydrogen-bond donors (Lipinski definition) is 0. The van der Waals surface area contributed by atoms with Gasteiger partial charge < -0.3 is 0 Å². The number of para-hydroxylation sites is 1. The fourth-order valence-corrected chi connectivity index (χ4v) is 3.40. The van der Waals surface area contributed by atoms with Crippen molar-refractivity contribution in [2.45, 2.75) is 19.4 Å². The molecule has 6 nitrogen and oxygen atoms in total. The molecule has 0 spiro atoms. The number of nitro groups is 1. The molecule has 0 bridgehead atoms. The zero-order valence-electron chi connectivity index (χ0n) is 14.4. The summed E-state index contributed by atoms with van der Waals surface area (Å²) in [5.41, 5.74) is 4.03. The second-order valence-corrected chi connectivity index (χ2v) is 6.57. The van der Waals surface area contributed by atoms with E-state index in [1.807, 2.05) is 35.0 Å². The van der Waals surface area contributed by atoms with Crippen molar-refractivity contribution in [1.29, 1.82) is 0 Å². The molecule has 6 heteroatoms. The van der Waals surface area contributed by atoms with E-state index in [0.29, 0.717) is 0 Å². The molecular weight excluding hydrogens is 328 g/mol. The third-order valence-electron chi connectivity index (χ3n) is 4.75. The Morgan fingerprint density at radius 1 is 1.00 bits per heavy atom. The molecule has 0 amide bonds. The molecular formula is C20H20N4O2. The molecule has 1 aliphatic heterocycles. The number of aromatic nitrogens is 2. The highest BCUT2D eigenvalue weighted by atomic mass is 16.6. The molecule has 26 heavy (non-hydrogen) atoms. The molecule has 1 saturated heterocycles. The smallest absolute Gasteiger partial charge is 0.269 e. The van der Waals surface area contributed by atoms with Gasteiger partial charge in [-0.1, -0.05) is 18.2 Å². The highest BCUT2D eigenvalue weighted by Crippen LogP contribution is 2.27. The van der Waals surface area contributed by atoms with Gasteiger partial charge in [-0.2, -0.15) is 5.10 Å². The third-order valence-corrected chi connectivity index (χ3v) is 4.75. The number of likely N-dealkylation sites (tertiary alicyclic amines) is 1. The second kappa shape index (κ2) is 7.09. The van der Waals surface area contributed by atoms with E-state index in [-0.39, 0.29) is 10.6 Å². The molecule has 0 aliphatic carbocycles. The highest BCUT2D eigenvalue weighted by molar-refractivity contribution is 5.64. The zero-order valence-corrected chi connectivity index (χ0v) is 14.4. The standard InChI is InChI=1S/C20H20N4O2/c25-24(26)19-10-8-16(9-11-19)20-17(14-22-12-4-5-13-22)15-23(21-20)18-6-2-1-3-7-18/h1-3,6-11,15H,4-5,12-14H2. The van der Waals surface area contributed by atoms with E-state index < -0.39 is 0 Å². The predicted octanol–water partition coefficient (Wildman–Crippen LogP) is 4.04. The van der Waals surface area contributed by atoms with E-state index in [1.165, 1.54) is 25.0 Å². The maximum Gasteiger partial charge on any atom is 0.269 e. The summed E-state index contributed by atoms with van der Waals surface area (Å²) in [7, 11) is 0. The van der Waals surface area contributed by atoms with E-state index in [2.05, 4.69) is 11.1 Å². The van der Waals surface area contributed by atoms with E-state index in [1.54, 1.807) is 12.1 Å². The molecule has 1 fully saturated rings. The SMILES string of the molecule is O=[N+]([O-])c1ccc(-c2nn(-c3ccccc3)cc2CN2CCCC2)cc1. The lowest BCUT2D eigenvalue weighted by molar-refractivity contribution is -0.384. The van der Waals surface area contributed by atoms with Crippen LogP contribution in [0.5, 0.6) is 0 Å². The number of benzene rings is 2. The van der Waals surface area contributed by atoms with Crippen LogP contribution in [-0.4, -0.2) is 32.7 Å². The summed E-state index contributed by atoms with van der Waals surface area (Å²) in [6.45, 7) is 3.06. The molecule has 0 unspecified atom stereocenters. The summed E-state index contributed by atoms with van der Waals surface area (Å²) in [6, 6.07) is 16.6. The van der Waals surface area contributed by atoms with Gasteiger partial charge in [0.05, 0.1) is 16.3 Å². The van der Waals surface area contributed by atoms with Gasteiger partial charge in [0.1, 0.15) is 0 Å². The molecule has 0 radical (unpaired) electrons. The predicted molar refractivity (Wildman–Crippen MR) is 100 cm³/mol. The number of non-ortho nitro benzene ring substituents is 1. The first-order valence-electron chi connectivity index (χ1n) is 8.82. The molecule has 0 N–H and O–H groups in total. The Morgan fingerprint density at radius 2 is 1.69 bits per heavy atom. The van der Waals surface area contributed by atoms with Crippen molar-refractivity contribution in [3.63, 3.8) is 0 Å². The summed E-state index contributed by atoms with van der Waals surface area (Å²) < 4.78 is 1.89. The summed E-state index contributed by atoms with van der Waals surface area (Å²) in [6.07, 6.45) is 4.55. The lowest BCUT2D eigenvalue weighted by Gasteiger charge is -2.14. The minimum atomic E-state index is -0.377. The van der Waals surface area contributed by atoms with Crippen LogP contribution in [-0.2, 0) is 6.54 Å². The number of hydrogen-bond acceptors (Lipinski definition) is 4. The summed E-state index contributed by atoms with van der Waals surface area (Å²) in [5.74, 6) is 0. The van der Waals surface area contributed by atoms with Gasteiger partial charge in [0.25, 0.3) is 5.69 Å². The molecule has 1 aliphatic rings. The van der Waals surface area contributed by atoms with Crippen LogP contribution < -0.4 is 0 Å². The fraction of sp³-hybridized carbons (Fsp3) is 0.250. The molecule has 2 heterocycles. The van der Waals surface area contributed by atoms with Crippen molar-refractivity contribution >= 4 is 5.69 Å². The van der Waals surface area contributed by atoms with Gasteiger partial charge in [0.15, 0.2) is 0 Å². The van der Waals surface area contributed by atoms with Gasteiger partial charge in [-0.3, -0.25) is 15.0 Å². The third kappa shape index (κ3) is 3.36.